The molecule has 1 amide bonds. The summed E-state index contributed by atoms with van der Waals surface area (Å²) in [5.41, 5.74) is 6.45. The summed E-state index contributed by atoms with van der Waals surface area (Å²) >= 11 is 0. The van der Waals surface area contributed by atoms with Crippen molar-refractivity contribution < 1.29 is 9.32 Å². The number of pyridine rings is 2. The Labute approximate surface area is 168 Å². The second kappa shape index (κ2) is 6.51. The lowest BCUT2D eigenvalue weighted by Gasteiger charge is -2.26. The van der Waals surface area contributed by atoms with Gasteiger partial charge in [0.2, 0.25) is 5.91 Å². The number of amides is 1. The molecule has 4 aromatic rings. The number of anilines is 1. The Kier molecular flexibility index (Phi) is 3.94. The Bertz CT molecular complexity index is 1230. The lowest BCUT2D eigenvalue weighted by atomic mass is 10.0. The van der Waals surface area contributed by atoms with Gasteiger partial charge in [-0.15, -0.1) is 0 Å². The van der Waals surface area contributed by atoms with Gasteiger partial charge in [0.25, 0.3) is 0 Å². The third-order valence-corrected chi connectivity index (χ3v) is 5.59. The average Bonchev–Trinajstić information content (AvgIpc) is 3.25. The molecule has 0 fully saturated rings. The fourth-order valence-electron chi connectivity index (χ4n) is 4.22. The fraction of sp³-hybridized carbons (Fsp3) is 0.217. The molecule has 4 heterocycles. The van der Waals surface area contributed by atoms with Crippen LogP contribution >= 0.6 is 0 Å². The van der Waals surface area contributed by atoms with Crippen LogP contribution in [0.3, 0.4) is 0 Å². The van der Waals surface area contributed by atoms with E-state index in [1.807, 2.05) is 68.3 Å². The second-order valence-corrected chi connectivity index (χ2v) is 7.43. The number of carbonyl (C=O) groups excluding carboxylic acids is 1. The highest BCUT2D eigenvalue weighted by molar-refractivity contribution is 6.10. The summed E-state index contributed by atoms with van der Waals surface area (Å²) in [6, 6.07) is 11.7. The van der Waals surface area contributed by atoms with Crippen molar-refractivity contribution >= 4 is 22.5 Å². The number of hydrogen-bond donors (Lipinski definition) is 0. The molecule has 3 aromatic heterocycles. The molecule has 0 radical (unpaired) electrons. The van der Waals surface area contributed by atoms with Crippen molar-refractivity contribution in [2.75, 3.05) is 4.90 Å². The summed E-state index contributed by atoms with van der Waals surface area (Å²) in [7, 11) is 0. The van der Waals surface area contributed by atoms with Gasteiger partial charge in [-0.3, -0.25) is 14.8 Å². The van der Waals surface area contributed by atoms with Crippen LogP contribution in [0.4, 0.5) is 5.69 Å². The lowest BCUT2D eigenvalue weighted by Crippen LogP contribution is -2.30. The lowest BCUT2D eigenvalue weighted by molar-refractivity contribution is -0.117. The number of nitrogens with zero attached hydrogens (tertiary/aromatic N) is 4. The van der Waals surface area contributed by atoms with Crippen LogP contribution in [0.15, 0.2) is 53.3 Å². The average molecular weight is 384 g/mol. The van der Waals surface area contributed by atoms with Crippen molar-refractivity contribution in [3.8, 4) is 11.1 Å². The van der Waals surface area contributed by atoms with E-state index in [1.165, 1.54) is 0 Å². The van der Waals surface area contributed by atoms with Crippen LogP contribution in [0.25, 0.3) is 22.0 Å². The first-order chi connectivity index (χ1) is 14.0. The van der Waals surface area contributed by atoms with E-state index in [1.54, 1.807) is 6.20 Å². The second-order valence-electron chi connectivity index (χ2n) is 7.43. The van der Waals surface area contributed by atoms with E-state index in [4.69, 9.17) is 4.52 Å². The molecule has 6 heteroatoms. The first kappa shape index (κ1) is 17.6. The maximum absolute atomic E-state index is 12.9. The molecule has 1 aromatic carbocycles. The first-order valence-electron chi connectivity index (χ1n) is 9.62. The highest BCUT2D eigenvalue weighted by atomic mass is 16.5. The number of fused-ring (bicyclic) bond motifs is 3. The molecule has 0 unspecified atom stereocenters. The summed E-state index contributed by atoms with van der Waals surface area (Å²) in [5.74, 6) is 0.853. The van der Waals surface area contributed by atoms with Gasteiger partial charge in [-0.25, -0.2) is 0 Å². The molecule has 6 nitrogen and oxygen atoms in total. The minimum absolute atomic E-state index is 0.0715. The highest BCUT2D eigenvalue weighted by Gasteiger charge is 2.34. The zero-order chi connectivity index (χ0) is 20.1. The topological polar surface area (TPSA) is 72.1 Å². The minimum atomic E-state index is -0.155. The van der Waals surface area contributed by atoms with Crippen molar-refractivity contribution in [3.05, 3.63) is 71.5 Å². The summed E-state index contributed by atoms with van der Waals surface area (Å²) in [6.07, 6.45) is 3.94. The number of hydrogen-bond acceptors (Lipinski definition) is 5. The normalized spacial score (nSPS) is 14.4. The van der Waals surface area contributed by atoms with Gasteiger partial charge in [0.05, 0.1) is 35.1 Å². The molecule has 0 aliphatic carbocycles. The van der Waals surface area contributed by atoms with Gasteiger partial charge >= 0.3 is 0 Å². The van der Waals surface area contributed by atoms with E-state index in [0.29, 0.717) is 6.42 Å². The van der Waals surface area contributed by atoms with Gasteiger partial charge in [0.15, 0.2) is 0 Å². The molecule has 144 valence electrons. The Morgan fingerprint density at radius 3 is 2.72 bits per heavy atom. The van der Waals surface area contributed by atoms with Crippen molar-refractivity contribution in [1.82, 2.24) is 15.1 Å². The van der Waals surface area contributed by atoms with Gasteiger partial charge in [-0.2, -0.15) is 0 Å². The largest absolute Gasteiger partial charge is 0.361 e. The van der Waals surface area contributed by atoms with E-state index < -0.39 is 0 Å². The monoisotopic (exact) mass is 384 g/mol. The van der Waals surface area contributed by atoms with Gasteiger partial charge in [0.1, 0.15) is 5.76 Å². The van der Waals surface area contributed by atoms with Crippen LogP contribution in [-0.2, 0) is 11.2 Å². The number of carbonyl (C=O) groups is 1. The van der Waals surface area contributed by atoms with Gasteiger partial charge in [-0.1, -0.05) is 23.4 Å². The molecule has 0 N–H and O–H groups in total. The molecule has 29 heavy (non-hydrogen) atoms. The molecule has 0 spiro atoms. The first-order valence-corrected chi connectivity index (χ1v) is 9.62. The van der Waals surface area contributed by atoms with Crippen LogP contribution in [0.5, 0.6) is 0 Å². The van der Waals surface area contributed by atoms with Gasteiger partial charge in [0, 0.05) is 28.9 Å². The van der Waals surface area contributed by atoms with Crippen LogP contribution in [0.1, 0.15) is 35.7 Å². The summed E-state index contributed by atoms with van der Waals surface area (Å²) in [6.45, 7) is 5.85. The summed E-state index contributed by atoms with van der Waals surface area (Å²) in [4.78, 5) is 23.8. The third-order valence-electron chi connectivity index (χ3n) is 5.59. The Hall–Kier alpha value is -3.54. The Balaban J connectivity index is 1.66. The van der Waals surface area contributed by atoms with Gasteiger partial charge < -0.3 is 9.42 Å². The van der Waals surface area contributed by atoms with E-state index in [-0.39, 0.29) is 11.9 Å². The van der Waals surface area contributed by atoms with E-state index in [0.717, 1.165) is 50.4 Å². The minimum Gasteiger partial charge on any atom is -0.361 e. The number of aromatic nitrogens is 3. The Morgan fingerprint density at radius 1 is 1.14 bits per heavy atom. The predicted octanol–water partition coefficient (Wildman–Crippen LogP) is 4.55. The van der Waals surface area contributed by atoms with Crippen molar-refractivity contribution in [3.63, 3.8) is 0 Å². The van der Waals surface area contributed by atoms with Crippen molar-refractivity contribution in [1.29, 1.82) is 0 Å². The van der Waals surface area contributed by atoms with Crippen molar-refractivity contribution in [2.45, 2.75) is 33.2 Å². The van der Waals surface area contributed by atoms with E-state index in [9.17, 15) is 4.79 Å². The summed E-state index contributed by atoms with van der Waals surface area (Å²) < 4.78 is 5.32. The SMILES string of the molecule is Cc1noc(C)c1-c1ccc2c3c(cnc2c1)CC(=O)N3[C@H](C)c1ccccn1. The highest BCUT2D eigenvalue weighted by Crippen LogP contribution is 2.41. The number of rotatable bonds is 3. The molecule has 0 saturated carbocycles. The summed E-state index contributed by atoms with van der Waals surface area (Å²) in [5, 5.41) is 5.02. The quantitative estimate of drug-likeness (QED) is 0.518. The van der Waals surface area contributed by atoms with E-state index in [2.05, 4.69) is 15.1 Å². The predicted molar refractivity (Wildman–Crippen MR) is 111 cm³/mol. The van der Waals surface area contributed by atoms with Crippen LogP contribution in [0, 0.1) is 13.8 Å². The molecular weight excluding hydrogens is 364 g/mol. The van der Waals surface area contributed by atoms with Crippen molar-refractivity contribution in [2.24, 2.45) is 0 Å². The number of aryl methyl sites for hydroxylation is 2. The molecule has 1 aliphatic heterocycles. The van der Waals surface area contributed by atoms with Crippen LogP contribution in [-0.4, -0.2) is 21.0 Å². The van der Waals surface area contributed by atoms with Crippen LogP contribution < -0.4 is 4.90 Å². The Morgan fingerprint density at radius 2 is 2.00 bits per heavy atom. The molecule has 1 aliphatic rings. The van der Waals surface area contributed by atoms with Crippen LogP contribution in [0.2, 0.25) is 0 Å². The maximum atomic E-state index is 12.9. The van der Waals surface area contributed by atoms with Gasteiger partial charge in [-0.05, 0) is 44.5 Å². The zero-order valence-electron chi connectivity index (χ0n) is 16.5. The fourth-order valence-corrected chi connectivity index (χ4v) is 4.22. The third kappa shape index (κ3) is 2.71. The molecular formula is C23H20N4O2. The smallest absolute Gasteiger partial charge is 0.232 e. The number of benzene rings is 1. The van der Waals surface area contributed by atoms with E-state index >= 15 is 0 Å². The standard InChI is InChI=1S/C23H20N4O2/c1-13-22(15(3)29-26-13)16-7-8-18-20(10-16)25-12-17-11-21(28)27(23(17)18)14(2)19-6-4-5-9-24-19/h4-10,12,14H,11H2,1-3H3/t14-/m1/s1. The zero-order valence-corrected chi connectivity index (χ0v) is 16.5. The molecule has 1 atom stereocenters. The molecule has 0 bridgehead atoms. The molecule has 5 rings (SSSR count). The molecule has 0 saturated heterocycles. The maximum Gasteiger partial charge on any atom is 0.232 e.